The summed E-state index contributed by atoms with van der Waals surface area (Å²) in [6.07, 6.45) is 3.16. The Bertz CT molecular complexity index is 833. The highest BCUT2D eigenvalue weighted by molar-refractivity contribution is 7.09. The second-order valence-corrected chi connectivity index (χ2v) is 8.62. The van der Waals surface area contributed by atoms with Crippen molar-refractivity contribution in [1.82, 2.24) is 15.6 Å². The van der Waals surface area contributed by atoms with Crippen molar-refractivity contribution in [2.45, 2.75) is 65.9 Å². The number of benzene rings is 1. The zero-order valence-electron chi connectivity index (χ0n) is 18.4. The molecule has 0 aliphatic rings. The summed E-state index contributed by atoms with van der Waals surface area (Å²) in [6.45, 7) is 9.78. The summed E-state index contributed by atoms with van der Waals surface area (Å²) in [7, 11) is 0. The number of nitrogens with zero attached hydrogens (tertiary/aromatic N) is 1. The molecule has 0 fully saturated rings. The van der Waals surface area contributed by atoms with Gasteiger partial charge in [0, 0.05) is 24.9 Å². The molecular formula is C23H33N3O3S. The van der Waals surface area contributed by atoms with Gasteiger partial charge < -0.3 is 15.4 Å². The molecule has 0 radical (unpaired) electrons. The van der Waals surface area contributed by atoms with Gasteiger partial charge in [0.2, 0.25) is 5.91 Å². The Kier molecular flexibility index (Phi) is 9.80. The number of thiazole rings is 1. The van der Waals surface area contributed by atoms with Crippen molar-refractivity contribution in [2.75, 3.05) is 13.1 Å². The van der Waals surface area contributed by atoms with Crippen molar-refractivity contribution in [3.05, 3.63) is 45.4 Å². The summed E-state index contributed by atoms with van der Waals surface area (Å²) >= 11 is 1.42. The van der Waals surface area contributed by atoms with Gasteiger partial charge in [0.05, 0.1) is 0 Å². The van der Waals surface area contributed by atoms with E-state index < -0.39 is 0 Å². The van der Waals surface area contributed by atoms with Crippen LogP contribution in [0.4, 0.5) is 0 Å². The Morgan fingerprint density at radius 2 is 1.93 bits per heavy atom. The lowest BCUT2D eigenvalue weighted by Crippen LogP contribution is -2.29. The van der Waals surface area contributed by atoms with Crippen LogP contribution in [-0.2, 0) is 11.4 Å². The first-order valence-electron chi connectivity index (χ1n) is 10.6. The lowest BCUT2D eigenvalue weighted by molar-refractivity contribution is -0.121. The molecule has 1 heterocycles. The Balaban J connectivity index is 1.76. The minimum Gasteiger partial charge on any atom is -0.486 e. The number of carbonyl (C=O) groups is 2. The maximum absolute atomic E-state index is 12.3. The second kappa shape index (κ2) is 12.3. The maximum Gasteiger partial charge on any atom is 0.270 e. The van der Waals surface area contributed by atoms with Gasteiger partial charge in [0.15, 0.2) is 0 Å². The number of ether oxygens (including phenoxy) is 1. The van der Waals surface area contributed by atoms with Crippen LogP contribution >= 0.6 is 11.3 Å². The Morgan fingerprint density at radius 3 is 2.67 bits per heavy atom. The third-order valence-corrected chi connectivity index (χ3v) is 5.47. The summed E-state index contributed by atoms with van der Waals surface area (Å²) in [4.78, 5) is 28.2. The molecule has 2 N–H and O–H groups in total. The van der Waals surface area contributed by atoms with E-state index in [2.05, 4.69) is 48.5 Å². The SMILES string of the molecule is CCCCC(=O)NCCCNC(=O)c1csc(COc2cc(C)ccc2C(C)C)n1. The summed E-state index contributed by atoms with van der Waals surface area (Å²) in [5, 5.41) is 8.22. The Hall–Kier alpha value is -2.41. The average molecular weight is 432 g/mol. The smallest absolute Gasteiger partial charge is 0.270 e. The fraction of sp³-hybridized carbons (Fsp3) is 0.522. The molecule has 0 aliphatic carbocycles. The van der Waals surface area contributed by atoms with E-state index in [4.69, 9.17) is 4.74 Å². The van der Waals surface area contributed by atoms with E-state index in [1.54, 1.807) is 5.38 Å². The quantitative estimate of drug-likeness (QED) is 0.482. The lowest BCUT2D eigenvalue weighted by atomic mass is 10.0. The monoisotopic (exact) mass is 431 g/mol. The van der Waals surface area contributed by atoms with Crippen LogP contribution in [0.15, 0.2) is 23.6 Å². The molecule has 0 atom stereocenters. The number of nitrogens with one attached hydrogen (secondary N) is 2. The molecule has 2 amide bonds. The van der Waals surface area contributed by atoms with Crippen LogP contribution in [-0.4, -0.2) is 29.9 Å². The van der Waals surface area contributed by atoms with Gasteiger partial charge in [0.1, 0.15) is 23.1 Å². The fourth-order valence-electron chi connectivity index (χ4n) is 2.90. The molecule has 7 heteroatoms. The minimum absolute atomic E-state index is 0.0709. The maximum atomic E-state index is 12.3. The predicted molar refractivity (Wildman–Crippen MR) is 121 cm³/mol. The third-order valence-electron chi connectivity index (χ3n) is 4.65. The van der Waals surface area contributed by atoms with Crippen molar-refractivity contribution in [1.29, 1.82) is 0 Å². The van der Waals surface area contributed by atoms with E-state index in [9.17, 15) is 9.59 Å². The normalized spacial score (nSPS) is 10.8. The molecule has 30 heavy (non-hydrogen) atoms. The lowest BCUT2D eigenvalue weighted by Gasteiger charge is -2.14. The van der Waals surface area contributed by atoms with Crippen LogP contribution < -0.4 is 15.4 Å². The van der Waals surface area contributed by atoms with Crippen molar-refractivity contribution < 1.29 is 14.3 Å². The molecule has 0 unspecified atom stereocenters. The molecule has 0 aliphatic heterocycles. The van der Waals surface area contributed by atoms with Gasteiger partial charge in [0.25, 0.3) is 5.91 Å². The summed E-state index contributed by atoms with van der Waals surface area (Å²) in [6, 6.07) is 6.23. The van der Waals surface area contributed by atoms with Gasteiger partial charge in [-0.1, -0.05) is 39.3 Å². The molecule has 1 aromatic heterocycles. The van der Waals surface area contributed by atoms with E-state index in [1.807, 2.05) is 13.0 Å². The highest BCUT2D eigenvalue weighted by Gasteiger charge is 2.13. The number of unbranched alkanes of at least 4 members (excludes halogenated alkanes) is 1. The van der Waals surface area contributed by atoms with Gasteiger partial charge in [-0.25, -0.2) is 4.98 Å². The van der Waals surface area contributed by atoms with Gasteiger partial charge >= 0.3 is 0 Å². The summed E-state index contributed by atoms with van der Waals surface area (Å²) in [5.74, 6) is 1.11. The van der Waals surface area contributed by atoms with Crippen molar-refractivity contribution in [3.8, 4) is 5.75 Å². The highest BCUT2D eigenvalue weighted by Crippen LogP contribution is 2.28. The van der Waals surface area contributed by atoms with Crippen molar-refractivity contribution >= 4 is 23.2 Å². The Labute approximate surface area is 183 Å². The molecule has 6 nitrogen and oxygen atoms in total. The summed E-state index contributed by atoms with van der Waals surface area (Å²) in [5.41, 5.74) is 2.71. The van der Waals surface area contributed by atoms with Crippen molar-refractivity contribution in [3.63, 3.8) is 0 Å². The standard InChI is InChI=1S/C23H33N3O3S/c1-5-6-8-21(27)24-11-7-12-25-23(28)19-15-30-22(26-19)14-29-20-13-17(4)9-10-18(20)16(2)3/h9-10,13,15-16H,5-8,11-12,14H2,1-4H3,(H,24,27)(H,25,28). The number of rotatable bonds is 12. The molecule has 2 aromatic rings. The first-order chi connectivity index (χ1) is 14.4. The Morgan fingerprint density at radius 1 is 1.17 bits per heavy atom. The number of hydrogen-bond acceptors (Lipinski definition) is 5. The first kappa shape index (κ1) is 23.9. The van der Waals surface area contributed by atoms with E-state index in [0.29, 0.717) is 44.1 Å². The second-order valence-electron chi connectivity index (χ2n) is 7.67. The van der Waals surface area contributed by atoms with Crippen LogP contribution in [0.5, 0.6) is 5.75 Å². The number of aryl methyl sites for hydroxylation is 1. The fourth-order valence-corrected chi connectivity index (χ4v) is 3.58. The number of amides is 2. The first-order valence-corrected chi connectivity index (χ1v) is 11.5. The number of aromatic nitrogens is 1. The largest absolute Gasteiger partial charge is 0.486 e. The number of carbonyl (C=O) groups excluding carboxylic acids is 2. The van der Waals surface area contributed by atoms with Gasteiger partial charge in [-0.05, 0) is 42.9 Å². The topological polar surface area (TPSA) is 80.3 Å². The molecule has 1 aromatic carbocycles. The van der Waals surface area contributed by atoms with Gasteiger partial charge in [-0.3, -0.25) is 9.59 Å². The predicted octanol–water partition coefficient (Wildman–Crippen LogP) is 4.58. The molecule has 164 valence electrons. The molecule has 2 rings (SSSR count). The van der Waals surface area contributed by atoms with E-state index in [0.717, 1.165) is 34.7 Å². The van der Waals surface area contributed by atoms with E-state index in [-0.39, 0.29) is 11.8 Å². The van der Waals surface area contributed by atoms with Crippen LogP contribution in [0.2, 0.25) is 0 Å². The van der Waals surface area contributed by atoms with Gasteiger partial charge in [-0.2, -0.15) is 0 Å². The molecule has 0 saturated heterocycles. The minimum atomic E-state index is -0.201. The summed E-state index contributed by atoms with van der Waals surface area (Å²) < 4.78 is 6.00. The zero-order chi connectivity index (χ0) is 21.9. The van der Waals surface area contributed by atoms with Crippen LogP contribution in [0.1, 0.15) is 79.0 Å². The van der Waals surface area contributed by atoms with Crippen molar-refractivity contribution in [2.24, 2.45) is 0 Å². The van der Waals surface area contributed by atoms with E-state index in [1.165, 1.54) is 11.3 Å². The molecule has 0 spiro atoms. The zero-order valence-corrected chi connectivity index (χ0v) is 19.2. The number of hydrogen-bond donors (Lipinski definition) is 2. The van der Waals surface area contributed by atoms with Crippen LogP contribution in [0.3, 0.4) is 0 Å². The molecule has 0 bridgehead atoms. The van der Waals surface area contributed by atoms with Crippen LogP contribution in [0.25, 0.3) is 0 Å². The van der Waals surface area contributed by atoms with Crippen LogP contribution in [0, 0.1) is 6.92 Å². The van der Waals surface area contributed by atoms with Gasteiger partial charge in [-0.15, -0.1) is 11.3 Å². The molecule has 0 saturated carbocycles. The highest BCUT2D eigenvalue weighted by atomic mass is 32.1. The molecular weight excluding hydrogens is 398 g/mol. The van der Waals surface area contributed by atoms with E-state index >= 15 is 0 Å². The third kappa shape index (κ3) is 7.78. The average Bonchev–Trinajstić information content (AvgIpc) is 3.19.